The number of alkyl halides is 3. The molecule has 0 unspecified atom stereocenters. The summed E-state index contributed by atoms with van der Waals surface area (Å²) < 4.78 is 49.3. The molecular weight excluding hydrogens is 521 g/mol. The van der Waals surface area contributed by atoms with Crippen molar-refractivity contribution in [3.05, 3.63) is 76.6 Å². The lowest BCUT2D eigenvalue weighted by molar-refractivity contribution is -0.141. The van der Waals surface area contributed by atoms with E-state index in [4.69, 9.17) is 10.5 Å². The molecule has 0 spiro atoms. The van der Waals surface area contributed by atoms with Crippen molar-refractivity contribution in [3.8, 4) is 5.69 Å². The molecule has 2 aliphatic rings. The third kappa shape index (κ3) is 5.77. The van der Waals surface area contributed by atoms with E-state index in [2.05, 4.69) is 10.4 Å². The van der Waals surface area contributed by atoms with Gasteiger partial charge in [0.15, 0.2) is 11.5 Å². The molecule has 40 heavy (non-hydrogen) atoms. The van der Waals surface area contributed by atoms with E-state index >= 15 is 0 Å². The number of ether oxygens (including phenoxy) is 1. The van der Waals surface area contributed by atoms with Crippen LogP contribution in [-0.2, 0) is 23.9 Å². The van der Waals surface area contributed by atoms with E-state index in [9.17, 15) is 22.8 Å². The zero-order valence-corrected chi connectivity index (χ0v) is 22.6. The Labute approximate surface area is 230 Å². The average molecular weight is 555 g/mol. The monoisotopic (exact) mass is 554 g/mol. The van der Waals surface area contributed by atoms with Gasteiger partial charge < -0.3 is 15.8 Å². The molecule has 1 heterocycles. The lowest BCUT2D eigenvalue weighted by Crippen LogP contribution is -2.39. The first-order valence-corrected chi connectivity index (χ1v) is 13.5. The molecule has 0 aliphatic heterocycles. The normalized spacial score (nSPS) is 20.7. The van der Waals surface area contributed by atoms with E-state index in [1.807, 2.05) is 44.2 Å². The van der Waals surface area contributed by atoms with Gasteiger partial charge in [-0.3, -0.25) is 9.59 Å². The van der Waals surface area contributed by atoms with Crippen LogP contribution in [0.2, 0.25) is 0 Å². The molecule has 3 aromatic rings. The Kier molecular flexibility index (Phi) is 7.48. The molecule has 212 valence electrons. The average Bonchev–Trinajstić information content (AvgIpc) is 3.28. The second-order valence-electron chi connectivity index (χ2n) is 11.5. The number of rotatable bonds is 7. The van der Waals surface area contributed by atoms with E-state index in [0.29, 0.717) is 18.0 Å². The summed E-state index contributed by atoms with van der Waals surface area (Å²) in [6.45, 7) is 4.14. The van der Waals surface area contributed by atoms with E-state index < -0.39 is 29.0 Å². The van der Waals surface area contributed by atoms with E-state index in [-0.39, 0.29) is 41.8 Å². The lowest BCUT2D eigenvalue weighted by atomic mass is 9.75. The summed E-state index contributed by atoms with van der Waals surface area (Å²) in [6.07, 6.45) is -1.08. The summed E-state index contributed by atoms with van der Waals surface area (Å²) in [6, 6.07) is 14.3. The largest absolute Gasteiger partial charge is 0.435 e. The molecule has 1 saturated carbocycles. The van der Waals surface area contributed by atoms with Gasteiger partial charge in [-0.15, -0.1) is 0 Å². The number of ketones is 1. The quantitative estimate of drug-likeness (QED) is 0.369. The van der Waals surface area contributed by atoms with Gasteiger partial charge in [-0.1, -0.05) is 57.0 Å². The number of hydrogen-bond donors (Lipinski definition) is 2. The van der Waals surface area contributed by atoms with Crippen LogP contribution in [0.3, 0.4) is 0 Å². The molecule has 0 radical (unpaired) electrons. The van der Waals surface area contributed by atoms with Crippen LogP contribution in [-0.4, -0.2) is 33.6 Å². The SMILES string of the molecule is CC1(C)CC(=O)c2c(C(F)(F)F)nn(-c3ccc(C(N)=O)c(N[C@H]4CCCC[C@@H]4OCc4ccccc4)c3)c2C1. The molecule has 0 saturated heterocycles. The topological polar surface area (TPSA) is 99.2 Å². The fourth-order valence-electron chi connectivity index (χ4n) is 5.80. The highest BCUT2D eigenvalue weighted by atomic mass is 19.4. The zero-order chi connectivity index (χ0) is 28.7. The van der Waals surface area contributed by atoms with Crippen molar-refractivity contribution < 1.29 is 27.5 Å². The highest BCUT2D eigenvalue weighted by Gasteiger charge is 2.45. The van der Waals surface area contributed by atoms with E-state index in [1.165, 1.54) is 16.8 Å². The van der Waals surface area contributed by atoms with Gasteiger partial charge in [-0.25, -0.2) is 4.68 Å². The number of hydrogen-bond acceptors (Lipinski definition) is 5. The number of carbonyl (C=O) groups is 2. The van der Waals surface area contributed by atoms with Crippen molar-refractivity contribution in [1.29, 1.82) is 0 Å². The van der Waals surface area contributed by atoms with Crippen LogP contribution in [0.5, 0.6) is 0 Å². The minimum Gasteiger partial charge on any atom is -0.379 e. The first kappa shape index (κ1) is 27.9. The Morgan fingerprint density at radius 2 is 1.85 bits per heavy atom. The summed E-state index contributed by atoms with van der Waals surface area (Å²) in [5.41, 5.74) is 5.78. The predicted octanol–water partition coefficient (Wildman–Crippen LogP) is 6.09. The third-order valence-electron chi connectivity index (χ3n) is 7.68. The van der Waals surface area contributed by atoms with Gasteiger partial charge in [-0.05, 0) is 48.4 Å². The fraction of sp³-hybridized carbons (Fsp3) is 0.433. The van der Waals surface area contributed by atoms with Crippen molar-refractivity contribution in [1.82, 2.24) is 9.78 Å². The van der Waals surface area contributed by atoms with E-state index in [0.717, 1.165) is 31.2 Å². The maximum atomic E-state index is 14.0. The van der Waals surface area contributed by atoms with Crippen LogP contribution in [0.25, 0.3) is 5.69 Å². The van der Waals surface area contributed by atoms with Crippen molar-refractivity contribution in [3.63, 3.8) is 0 Å². The number of nitrogens with one attached hydrogen (secondary N) is 1. The first-order chi connectivity index (χ1) is 18.9. The molecule has 2 aliphatic carbocycles. The molecule has 10 heteroatoms. The summed E-state index contributed by atoms with van der Waals surface area (Å²) in [4.78, 5) is 25.2. The molecule has 2 atom stereocenters. The molecule has 3 N–H and O–H groups in total. The lowest BCUT2D eigenvalue weighted by Gasteiger charge is -2.33. The number of benzene rings is 2. The number of halogens is 3. The summed E-state index contributed by atoms with van der Waals surface area (Å²) in [7, 11) is 0. The Morgan fingerprint density at radius 3 is 2.55 bits per heavy atom. The van der Waals surface area contributed by atoms with Gasteiger partial charge in [0.1, 0.15) is 0 Å². The minimum absolute atomic E-state index is 0.00818. The summed E-state index contributed by atoms with van der Waals surface area (Å²) >= 11 is 0. The van der Waals surface area contributed by atoms with Crippen LogP contribution in [0.4, 0.5) is 18.9 Å². The third-order valence-corrected chi connectivity index (χ3v) is 7.68. The Morgan fingerprint density at radius 1 is 1.12 bits per heavy atom. The molecule has 0 bridgehead atoms. The number of nitrogens with two attached hydrogens (primary N) is 1. The van der Waals surface area contributed by atoms with Gasteiger partial charge in [0.2, 0.25) is 0 Å². The van der Waals surface area contributed by atoms with Gasteiger partial charge in [-0.2, -0.15) is 18.3 Å². The van der Waals surface area contributed by atoms with Crippen LogP contribution in [0, 0.1) is 5.41 Å². The number of aromatic nitrogens is 2. The Hall–Kier alpha value is -3.66. The van der Waals surface area contributed by atoms with Gasteiger partial charge in [0.05, 0.1) is 41.3 Å². The number of fused-ring (bicyclic) bond motifs is 1. The number of amides is 1. The predicted molar refractivity (Wildman–Crippen MR) is 144 cm³/mol. The maximum absolute atomic E-state index is 14.0. The number of carbonyl (C=O) groups excluding carboxylic acids is 2. The molecule has 1 amide bonds. The highest BCUT2D eigenvalue weighted by Crippen LogP contribution is 2.42. The number of primary amides is 1. The molecule has 1 fully saturated rings. The van der Waals surface area contributed by atoms with Crippen LogP contribution >= 0.6 is 0 Å². The van der Waals surface area contributed by atoms with Gasteiger partial charge in [0.25, 0.3) is 5.91 Å². The van der Waals surface area contributed by atoms with Crippen LogP contribution in [0.15, 0.2) is 48.5 Å². The van der Waals surface area contributed by atoms with Crippen molar-refractivity contribution in [2.24, 2.45) is 11.1 Å². The molecule has 7 nitrogen and oxygen atoms in total. The van der Waals surface area contributed by atoms with Crippen molar-refractivity contribution in [2.45, 2.75) is 77.3 Å². The van der Waals surface area contributed by atoms with Crippen LogP contribution < -0.4 is 11.1 Å². The second-order valence-corrected chi connectivity index (χ2v) is 11.5. The summed E-state index contributed by atoms with van der Waals surface area (Å²) in [5, 5.41) is 7.31. The number of nitrogens with zero attached hydrogens (tertiary/aromatic N) is 2. The van der Waals surface area contributed by atoms with Crippen LogP contribution in [0.1, 0.15) is 83.6 Å². The first-order valence-electron chi connectivity index (χ1n) is 13.5. The Bertz CT molecular complexity index is 1420. The zero-order valence-electron chi connectivity index (χ0n) is 22.6. The summed E-state index contributed by atoms with van der Waals surface area (Å²) in [5.74, 6) is -1.24. The molecule has 2 aromatic carbocycles. The van der Waals surface area contributed by atoms with E-state index in [1.54, 1.807) is 6.07 Å². The standard InChI is InChI=1S/C30H33F3N4O3/c1-29(2)15-23-26(24(38)16-29)27(30(31,32)33)36-37(23)19-12-13-20(28(34)39)22(14-19)35-21-10-6-7-11-25(21)40-17-18-8-4-3-5-9-18/h3-5,8-9,12-14,21,25,35H,6-7,10-11,15-17H2,1-2H3,(H2,34,39)/t21-,25-/m0/s1. The molecule has 1 aromatic heterocycles. The second kappa shape index (κ2) is 10.7. The number of anilines is 1. The minimum atomic E-state index is -4.79. The molecule has 5 rings (SSSR count). The smallest absolute Gasteiger partial charge is 0.379 e. The van der Waals surface area contributed by atoms with Gasteiger partial charge >= 0.3 is 6.18 Å². The Balaban J connectivity index is 1.50. The fourth-order valence-corrected chi connectivity index (χ4v) is 5.80. The van der Waals surface area contributed by atoms with Gasteiger partial charge in [0, 0.05) is 12.1 Å². The highest BCUT2D eigenvalue weighted by molar-refractivity contribution is 6.00. The van der Waals surface area contributed by atoms with Crippen molar-refractivity contribution in [2.75, 3.05) is 5.32 Å². The molecular formula is C30H33F3N4O3. The van der Waals surface area contributed by atoms with Crippen molar-refractivity contribution >= 4 is 17.4 Å². The number of Topliss-reactive ketones (excluding diaryl/α,β-unsaturated/α-hetero) is 1. The maximum Gasteiger partial charge on any atom is 0.435 e.